The van der Waals surface area contributed by atoms with Crippen molar-refractivity contribution in [3.8, 4) is 34.3 Å². The summed E-state index contributed by atoms with van der Waals surface area (Å²) in [5.74, 6) is -4.60. The third-order valence-electron chi connectivity index (χ3n) is 7.39. The molecule has 0 saturated carbocycles. The molecule has 0 aliphatic carbocycles. The van der Waals surface area contributed by atoms with Gasteiger partial charge in [-0.25, -0.2) is 9.59 Å². The normalized spacial score (nSPS) is 12.1. The van der Waals surface area contributed by atoms with Crippen molar-refractivity contribution in [1.82, 2.24) is 19.6 Å². The molecule has 6 aromatic rings. The van der Waals surface area contributed by atoms with E-state index in [-0.39, 0.29) is 22.7 Å². The van der Waals surface area contributed by atoms with Crippen molar-refractivity contribution >= 4 is 54.9 Å². The van der Waals surface area contributed by atoms with Gasteiger partial charge in [0.15, 0.2) is 11.4 Å². The summed E-state index contributed by atoms with van der Waals surface area (Å²) in [5.41, 5.74) is -3.62. The van der Waals surface area contributed by atoms with E-state index in [1.807, 2.05) is 0 Å². The zero-order chi connectivity index (χ0) is 38.9. The van der Waals surface area contributed by atoms with Crippen LogP contribution >= 0.6 is 0 Å². The molecule has 20 nitrogen and oxygen atoms in total. The molecule has 6 N–H and O–H groups in total. The second-order valence-electron chi connectivity index (χ2n) is 10.9. The number of nitrogens with zero attached hydrogens (tertiary/aromatic N) is 8. The molecule has 0 saturated heterocycles. The molecule has 2 heterocycles. The van der Waals surface area contributed by atoms with Crippen molar-refractivity contribution in [2.75, 3.05) is 0 Å². The Morgan fingerprint density at radius 1 is 0.537 bits per heavy atom. The molecule has 0 unspecified atom stereocenters. The van der Waals surface area contributed by atoms with Gasteiger partial charge in [-0.2, -0.15) is 46.6 Å². The van der Waals surface area contributed by atoms with Crippen LogP contribution in [-0.4, -0.2) is 77.9 Å². The Morgan fingerprint density at radius 3 is 1.20 bits per heavy atom. The van der Waals surface area contributed by atoms with Crippen molar-refractivity contribution in [3.63, 3.8) is 0 Å². The number of aromatic carboxylic acids is 2. The summed E-state index contributed by atoms with van der Waals surface area (Å²) < 4.78 is 72.2. The molecule has 0 atom stereocenters. The minimum absolute atomic E-state index is 0.279. The summed E-state index contributed by atoms with van der Waals surface area (Å²) in [6, 6.07) is 21.6. The number of azo groups is 2. The predicted molar refractivity (Wildman–Crippen MR) is 184 cm³/mol. The summed E-state index contributed by atoms with van der Waals surface area (Å²) in [5, 5.41) is 63.4. The Kier molecular flexibility index (Phi) is 9.58. The second kappa shape index (κ2) is 14.1. The van der Waals surface area contributed by atoms with Crippen LogP contribution in [0.5, 0.6) is 11.8 Å². The van der Waals surface area contributed by atoms with E-state index >= 15 is 0 Å². The Bertz CT molecular complexity index is 2560. The van der Waals surface area contributed by atoms with E-state index in [4.69, 9.17) is 0 Å². The van der Waals surface area contributed by atoms with Gasteiger partial charge in [-0.3, -0.25) is 9.11 Å². The highest BCUT2D eigenvalue weighted by Crippen LogP contribution is 2.40. The number of hydrogen-bond donors (Lipinski definition) is 6. The molecule has 2 aromatic heterocycles. The number of para-hydroxylation sites is 2. The molecule has 4 aromatic carbocycles. The lowest BCUT2D eigenvalue weighted by molar-refractivity contribution is 0.0680. The number of carbonyl (C=O) groups is 2. The molecule has 0 amide bonds. The molecule has 6 rings (SSSR count). The van der Waals surface area contributed by atoms with Crippen LogP contribution in [0.2, 0.25) is 0 Å². The Hall–Kier alpha value is -7.14. The zero-order valence-electron chi connectivity index (χ0n) is 26.8. The van der Waals surface area contributed by atoms with E-state index in [1.54, 1.807) is 36.4 Å². The van der Waals surface area contributed by atoms with Gasteiger partial charge in [-0.05, 0) is 48.5 Å². The molecule has 0 spiro atoms. The second-order valence-corrected chi connectivity index (χ2v) is 13.6. The van der Waals surface area contributed by atoms with Crippen molar-refractivity contribution in [3.05, 3.63) is 108 Å². The fourth-order valence-corrected chi connectivity index (χ4v) is 6.46. The standard InChI is InChI=1S/C32H22N8O12S2/c41-29-25(27(31(43)44)37-39(29)19-7-3-1-4-8-19)35-33-17-11-13-21(23(15-17)53(47,48)49)22-14-12-18(16-24(22)54(50,51)52)34-36-26-28(32(45)46)38-40(30(26)42)20-9-5-2-6-10-20/h1-16,41-42H,(H,43,44)(H,45,46)(H,47,48,49)(H,50,51,52). The average Bonchev–Trinajstić information content (AvgIpc) is 3.65. The van der Waals surface area contributed by atoms with E-state index in [9.17, 15) is 56.0 Å². The van der Waals surface area contributed by atoms with Gasteiger partial charge < -0.3 is 20.4 Å². The van der Waals surface area contributed by atoms with Crippen molar-refractivity contribution in [1.29, 1.82) is 0 Å². The SMILES string of the molecule is O=C(O)c1nn(-c2ccccc2)c(O)c1N=Nc1ccc(-c2ccc(N=Nc3c(C(=O)O)nn(-c4ccccc4)c3O)cc2S(=O)(=O)O)c(S(=O)(=O)O)c1. The quantitative estimate of drug-likeness (QED) is 0.0664. The van der Waals surface area contributed by atoms with Gasteiger partial charge in [0, 0.05) is 11.1 Å². The molecule has 274 valence electrons. The molecule has 0 radical (unpaired) electrons. The number of hydrogen-bond acceptors (Lipinski definition) is 14. The highest BCUT2D eigenvalue weighted by molar-refractivity contribution is 7.86. The third kappa shape index (κ3) is 7.28. The van der Waals surface area contributed by atoms with Gasteiger partial charge in [0.1, 0.15) is 9.79 Å². The lowest BCUT2D eigenvalue weighted by Crippen LogP contribution is -2.05. The van der Waals surface area contributed by atoms with Gasteiger partial charge in [-0.1, -0.05) is 48.5 Å². The van der Waals surface area contributed by atoms with Crippen LogP contribution in [-0.2, 0) is 20.2 Å². The molecule has 22 heteroatoms. The summed E-state index contributed by atoms with van der Waals surface area (Å²) in [4.78, 5) is 21.9. The maximum absolute atomic E-state index is 12.5. The third-order valence-corrected chi connectivity index (χ3v) is 9.17. The van der Waals surface area contributed by atoms with E-state index in [0.717, 1.165) is 45.8 Å². The van der Waals surface area contributed by atoms with Gasteiger partial charge in [0.05, 0.1) is 22.7 Å². The average molecular weight is 775 g/mol. The summed E-state index contributed by atoms with van der Waals surface area (Å²) >= 11 is 0. The number of carboxylic acid groups (broad SMARTS) is 2. The topological polar surface area (TPSA) is 309 Å². The first-order valence-corrected chi connectivity index (χ1v) is 17.7. The minimum Gasteiger partial charge on any atom is -0.492 e. The van der Waals surface area contributed by atoms with Crippen molar-refractivity contribution < 1.29 is 56.0 Å². The Balaban J connectivity index is 1.40. The molecule has 0 aliphatic heterocycles. The van der Waals surface area contributed by atoms with E-state index in [0.29, 0.717) is 0 Å². The van der Waals surface area contributed by atoms with Crippen LogP contribution in [0.15, 0.2) is 127 Å². The lowest BCUT2D eigenvalue weighted by atomic mass is 10.0. The van der Waals surface area contributed by atoms with E-state index in [2.05, 4.69) is 30.7 Å². The fraction of sp³-hybridized carbons (Fsp3) is 0. The molecule has 0 aliphatic rings. The van der Waals surface area contributed by atoms with Gasteiger partial charge in [-0.15, -0.1) is 10.2 Å². The smallest absolute Gasteiger partial charge is 0.358 e. The Labute approximate surface area is 302 Å². The van der Waals surface area contributed by atoms with Crippen LogP contribution in [0.25, 0.3) is 22.5 Å². The summed E-state index contributed by atoms with van der Waals surface area (Å²) in [7, 11) is -10.4. The zero-order valence-corrected chi connectivity index (χ0v) is 28.4. The van der Waals surface area contributed by atoms with E-state index in [1.165, 1.54) is 24.3 Å². The highest BCUT2D eigenvalue weighted by atomic mass is 32.2. The first-order valence-electron chi connectivity index (χ1n) is 14.8. The lowest BCUT2D eigenvalue weighted by Gasteiger charge is -2.12. The van der Waals surface area contributed by atoms with Gasteiger partial charge in [0.2, 0.25) is 23.1 Å². The van der Waals surface area contributed by atoms with Crippen LogP contribution < -0.4 is 0 Å². The Morgan fingerprint density at radius 2 is 0.889 bits per heavy atom. The highest BCUT2D eigenvalue weighted by Gasteiger charge is 2.27. The summed E-state index contributed by atoms with van der Waals surface area (Å²) in [6.07, 6.45) is 0. The van der Waals surface area contributed by atoms with Crippen LogP contribution in [0.1, 0.15) is 21.0 Å². The molecule has 0 bridgehead atoms. The van der Waals surface area contributed by atoms with Gasteiger partial charge in [0.25, 0.3) is 20.2 Å². The van der Waals surface area contributed by atoms with E-state index < -0.39 is 87.6 Å². The minimum atomic E-state index is -5.18. The predicted octanol–water partition coefficient (Wildman–Crippen LogP) is 5.86. The largest absolute Gasteiger partial charge is 0.492 e. The maximum Gasteiger partial charge on any atom is 0.358 e. The number of aromatic nitrogens is 4. The molecular formula is C32H22N8O12S2. The number of aromatic hydroxyl groups is 2. The fourth-order valence-electron chi connectivity index (χ4n) is 5.01. The van der Waals surface area contributed by atoms with Crippen LogP contribution in [0.4, 0.5) is 22.7 Å². The summed E-state index contributed by atoms with van der Waals surface area (Å²) in [6.45, 7) is 0. The monoisotopic (exact) mass is 774 g/mol. The number of benzene rings is 4. The molecular weight excluding hydrogens is 753 g/mol. The van der Waals surface area contributed by atoms with Crippen LogP contribution in [0, 0.1) is 0 Å². The first kappa shape index (κ1) is 36.6. The first-order chi connectivity index (χ1) is 25.5. The van der Waals surface area contributed by atoms with Crippen molar-refractivity contribution in [2.45, 2.75) is 9.79 Å². The molecule has 54 heavy (non-hydrogen) atoms. The van der Waals surface area contributed by atoms with Gasteiger partial charge >= 0.3 is 11.9 Å². The molecule has 0 fully saturated rings. The number of rotatable bonds is 11. The number of carboxylic acids is 2. The van der Waals surface area contributed by atoms with Crippen molar-refractivity contribution in [2.24, 2.45) is 20.5 Å². The maximum atomic E-state index is 12.5. The van der Waals surface area contributed by atoms with Crippen LogP contribution in [0.3, 0.4) is 0 Å².